The number of anilines is 1. The predicted octanol–water partition coefficient (Wildman–Crippen LogP) is 3.25. The lowest BCUT2D eigenvalue weighted by Gasteiger charge is -2.32. The van der Waals surface area contributed by atoms with Gasteiger partial charge in [-0.1, -0.05) is 19.6 Å². The van der Waals surface area contributed by atoms with Gasteiger partial charge in [-0.3, -0.25) is 0 Å². The Hall–Kier alpha value is -1.54. The van der Waals surface area contributed by atoms with E-state index >= 15 is 0 Å². The molecule has 1 saturated heterocycles. The van der Waals surface area contributed by atoms with Gasteiger partial charge in [-0.2, -0.15) is 10.2 Å². The minimum atomic E-state index is -1.17. The van der Waals surface area contributed by atoms with E-state index in [0.717, 1.165) is 10.5 Å². The molecular formula is C18H26BrFN6OSi. The van der Waals surface area contributed by atoms with E-state index in [9.17, 15) is 9.65 Å². The first-order chi connectivity index (χ1) is 13.2. The topological polar surface area (TPSA) is 93.0 Å². The first-order valence-electron chi connectivity index (χ1n) is 9.38. The smallest absolute Gasteiger partial charge is 0.228 e. The Morgan fingerprint density at radius 2 is 2.18 bits per heavy atom. The minimum absolute atomic E-state index is 0.131. The second kappa shape index (κ2) is 8.45. The van der Waals surface area contributed by atoms with Gasteiger partial charge in [0.25, 0.3) is 0 Å². The molecule has 0 spiro atoms. The maximum absolute atomic E-state index is 14.1. The lowest BCUT2D eigenvalue weighted by Crippen LogP contribution is -2.49. The van der Waals surface area contributed by atoms with Crippen molar-refractivity contribution in [3.63, 3.8) is 0 Å². The highest BCUT2D eigenvalue weighted by molar-refractivity contribution is 9.10. The van der Waals surface area contributed by atoms with Crippen LogP contribution in [-0.2, 0) is 11.5 Å². The van der Waals surface area contributed by atoms with Gasteiger partial charge in [0.1, 0.15) is 24.6 Å². The van der Waals surface area contributed by atoms with Gasteiger partial charge in [0, 0.05) is 37.9 Å². The Bertz CT molecular complexity index is 893. The van der Waals surface area contributed by atoms with Crippen LogP contribution in [0, 0.1) is 11.3 Å². The van der Waals surface area contributed by atoms with Gasteiger partial charge < -0.3 is 19.9 Å². The van der Waals surface area contributed by atoms with Gasteiger partial charge >= 0.3 is 0 Å². The third kappa shape index (κ3) is 4.71. The number of nitriles is 1. The zero-order chi connectivity index (χ0) is 20.5. The summed E-state index contributed by atoms with van der Waals surface area (Å²) in [7, 11) is -1.17. The molecule has 0 radical (unpaired) electrons. The monoisotopic (exact) mass is 468 g/mol. The molecular weight excluding hydrogens is 443 g/mol. The number of nitrogens with two attached hydrogens (primary N) is 1. The molecule has 152 valence electrons. The SMILES string of the molecule is C[Si](C)(C)CCOCn1cc(Br)c2c(C#N)nc(N3CC[C@@H](N)[C@H](F)C3)nc21. The van der Waals surface area contributed by atoms with Gasteiger partial charge in [0.15, 0.2) is 5.69 Å². The van der Waals surface area contributed by atoms with Gasteiger partial charge in [-0.05, 0) is 28.4 Å². The highest BCUT2D eigenvalue weighted by Crippen LogP contribution is 2.30. The molecule has 10 heteroatoms. The second-order valence-corrected chi connectivity index (χ2v) is 14.9. The molecule has 0 unspecified atom stereocenters. The number of piperidine rings is 1. The molecule has 0 aromatic carbocycles. The van der Waals surface area contributed by atoms with Crippen LogP contribution in [0.25, 0.3) is 11.0 Å². The van der Waals surface area contributed by atoms with Gasteiger partial charge in [-0.25, -0.2) is 9.37 Å². The lowest BCUT2D eigenvalue weighted by molar-refractivity contribution is 0.0898. The van der Waals surface area contributed by atoms with Gasteiger partial charge in [0.2, 0.25) is 5.95 Å². The van der Waals surface area contributed by atoms with Crippen molar-refractivity contribution in [2.24, 2.45) is 5.73 Å². The summed E-state index contributed by atoms with van der Waals surface area (Å²) in [4.78, 5) is 10.8. The second-order valence-electron chi connectivity index (χ2n) is 8.39. The average Bonchev–Trinajstić information content (AvgIpc) is 2.95. The normalized spacial score (nSPS) is 20.5. The summed E-state index contributed by atoms with van der Waals surface area (Å²) in [6.45, 7) is 8.63. The predicted molar refractivity (Wildman–Crippen MR) is 114 cm³/mol. The quantitative estimate of drug-likeness (QED) is 0.516. The number of halogens is 2. The Kier molecular flexibility index (Phi) is 6.39. The van der Waals surface area contributed by atoms with Crippen molar-refractivity contribution in [2.45, 2.75) is 51.1 Å². The Morgan fingerprint density at radius 1 is 1.43 bits per heavy atom. The maximum Gasteiger partial charge on any atom is 0.228 e. The molecule has 2 atom stereocenters. The number of aromatic nitrogens is 3. The van der Waals surface area contributed by atoms with Crippen LogP contribution < -0.4 is 10.6 Å². The third-order valence-electron chi connectivity index (χ3n) is 4.87. The van der Waals surface area contributed by atoms with Gasteiger partial charge in [-0.15, -0.1) is 0 Å². The molecule has 1 aliphatic heterocycles. The minimum Gasteiger partial charge on any atom is -0.361 e. The zero-order valence-corrected chi connectivity index (χ0v) is 19.0. The van der Waals surface area contributed by atoms with Crippen LogP contribution in [0.15, 0.2) is 10.7 Å². The maximum atomic E-state index is 14.1. The molecule has 0 saturated carbocycles. The van der Waals surface area contributed by atoms with Crippen molar-refractivity contribution in [2.75, 3.05) is 24.6 Å². The molecule has 1 aliphatic rings. The molecule has 0 aliphatic carbocycles. The van der Waals surface area contributed by atoms with E-state index in [4.69, 9.17) is 10.5 Å². The number of hydrogen-bond donors (Lipinski definition) is 1. The van der Waals surface area contributed by atoms with Crippen molar-refractivity contribution in [3.8, 4) is 6.07 Å². The molecule has 1 fully saturated rings. The Labute approximate surface area is 173 Å². The molecule has 2 aromatic rings. The molecule has 2 aromatic heterocycles. The highest BCUT2D eigenvalue weighted by Gasteiger charge is 2.29. The number of fused-ring (bicyclic) bond motifs is 1. The van der Waals surface area contributed by atoms with E-state index in [1.54, 1.807) is 4.90 Å². The summed E-state index contributed by atoms with van der Waals surface area (Å²) in [5.74, 6) is 0.354. The third-order valence-corrected chi connectivity index (χ3v) is 7.17. The summed E-state index contributed by atoms with van der Waals surface area (Å²) in [6, 6.07) is 2.74. The number of ether oxygens (including phenoxy) is 1. The zero-order valence-electron chi connectivity index (χ0n) is 16.5. The van der Waals surface area contributed by atoms with Crippen molar-refractivity contribution >= 4 is 41.0 Å². The first kappa shape index (κ1) is 21.2. The highest BCUT2D eigenvalue weighted by atomic mass is 79.9. The van der Waals surface area contributed by atoms with E-state index in [2.05, 4.69) is 51.6 Å². The van der Waals surface area contributed by atoms with E-state index in [-0.39, 0.29) is 12.2 Å². The van der Waals surface area contributed by atoms with Crippen molar-refractivity contribution in [1.82, 2.24) is 14.5 Å². The van der Waals surface area contributed by atoms with Crippen LogP contribution >= 0.6 is 15.9 Å². The van der Waals surface area contributed by atoms with Crippen LogP contribution in [0.2, 0.25) is 25.7 Å². The average molecular weight is 469 g/mol. The number of nitrogens with zero attached hydrogens (tertiary/aromatic N) is 5. The van der Waals surface area contributed by atoms with E-state index < -0.39 is 20.3 Å². The fraction of sp³-hybridized carbons (Fsp3) is 0.611. The molecule has 0 amide bonds. The number of rotatable bonds is 6. The Balaban J connectivity index is 1.88. The molecule has 3 heterocycles. The van der Waals surface area contributed by atoms with E-state index in [1.165, 1.54) is 0 Å². The van der Waals surface area contributed by atoms with Crippen LogP contribution in [0.3, 0.4) is 0 Å². The van der Waals surface area contributed by atoms with Crippen LogP contribution in [0.4, 0.5) is 10.3 Å². The largest absolute Gasteiger partial charge is 0.361 e. The van der Waals surface area contributed by atoms with Gasteiger partial charge in [0.05, 0.1) is 11.9 Å². The van der Waals surface area contributed by atoms with Crippen molar-refractivity contribution < 1.29 is 9.13 Å². The molecule has 28 heavy (non-hydrogen) atoms. The number of alkyl halides is 1. The fourth-order valence-electron chi connectivity index (χ4n) is 3.09. The van der Waals surface area contributed by atoms with E-state index in [1.807, 2.05) is 10.8 Å². The summed E-state index contributed by atoms with van der Waals surface area (Å²) < 4.78 is 22.5. The lowest BCUT2D eigenvalue weighted by atomic mass is 10.0. The molecule has 3 rings (SSSR count). The standard InChI is InChI=1S/C18H26BrFN6OSi/c1-28(2,3)7-6-27-11-26-9-12(19)16-15(8-21)23-18(24-17(16)26)25-5-4-14(22)13(20)10-25/h9,13-14H,4-7,10-11,22H2,1-3H3/t13-,14-/m1/s1. The van der Waals surface area contributed by atoms with Crippen LogP contribution in [0.5, 0.6) is 0 Å². The fourth-order valence-corrected chi connectivity index (χ4v) is 4.46. The van der Waals surface area contributed by atoms with Crippen LogP contribution in [-0.4, -0.2) is 54.5 Å². The molecule has 2 N–H and O–H groups in total. The summed E-state index contributed by atoms with van der Waals surface area (Å²) in [6.07, 6.45) is 1.24. The summed E-state index contributed by atoms with van der Waals surface area (Å²) in [5.41, 5.74) is 6.64. The van der Waals surface area contributed by atoms with Crippen LogP contribution in [0.1, 0.15) is 12.1 Å². The summed E-state index contributed by atoms with van der Waals surface area (Å²) >= 11 is 3.50. The molecule has 7 nitrogen and oxygen atoms in total. The number of hydrogen-bond acceptors (Lipinski definition) is 6. The first-order valence-corrected chi connectivity index (χ1v) is 13.9. The van der Waals surface area contributed by atoms with E-state index in [0.29, 0.717) is 43.3 Å². The van der Waals surface area contributed by atoms with Crippen molar-refractivity contribution in [1.29, 1.82) is 5.26 Å². The summed E-state index contributed by atoms with van der Waals surface area (Å²) in [5, 5.41) is 10.2. The Morgan fingerprint density at radius 3 is 2.82 bits per heavy atom. The van der Waals surface area contributed by atoms with Crippen molar-refractivity contribution in [3.05, 3.63) is 16.4 Å². The molecule has 0 bridgehead atoms.